The smallest absolute Gasteiger partial charge is 0.410 e. The summed E-state index contributed by atoms with van der Waals surface area (Å²) in [6.07, 6.45) is 0.487. The van der Waals surface area contributed by atoms with Gasteiger partial charge in [0.15, 0.2) is 0 Å². The number of carbonyl (C=O) groups is 2. The van der Waals surface area contributed by atoms with Crippen molar-refractivity contribution in [2.45, 2.75) is 52.7 Å². The maximum Gasteiger partial charge on any atom is 0.410 e. The molecule has 1 rings (SSSR count). The Labute approximate surface area is 109 Å². The first-order valence-corrected chi connectivity index (χ1v) is 6.47. The Kier molecular flexibility index (Phi) is 4.59. The summed E-state index contributed by atoms with van der Waals surface area (Å²) in [7, 11) is 0. The lowest BCUT2D eigenvalue weighted by atomic mass is 10.2. The molecule has 0 bridgehead atoms. The van der Waals surface area contributed by atoms with Gasteiger partial charge in [0, 0.05) is 25.0 Å². The predicted molar refractivity (Wildman–Crippen MR) is 69.2 cm³/mol. The minimum atomic E-state index is -0.476. The molecule has 104 valence electrons. The second-order valence-electron chi connectivity index (χ2n) is 6.08. The Hall–Kier alpha value is -1.26. The first-order chi connectivity index (χ1) is 8.19. The molecule has 0 spiro atoms. The van der Waals surface area contributed by atoms with E-state index >= 15 is 0 Å². The first kappa shape index (κ1) is 14.8. The molecule has 0 aromatic heterocycles. The van der Waals surface area contributed by atoms with Crippen LogP contribution in [-0.2, 0) is 9.53 Å². The van der Waals surface area contributed by atoms with Gasteiger partial charge in [0.2, 0.25) is 5.91 Å². The van der Waals surface area contributed by atoms with E-state index in [4.69, 9.17) is 4.74 Å². The average molecular weight is 256 g/mol. The van der Waals surface area contributed by atoms with E-state index in [0.29, 0.717) is 13.1 Å². The molecule has 0 unspecified atom stereocenters. The SMILES string of the molecule is CC(C)C(=O)N[C@@H]1CCN(C(=O)OC(C)(C)C)C1. The molecule has 0 aromatic carbocycles. The number of likely N-dealkylation sites (tertiary alicyclic amines) is 1. The summed E-state index contributed by atoms with van der Waals surface area (Å²) in [6.45, 7) is 10.4. The number of carbonyl (C=O) groups excluding carboxylic acids is 2. The van der Waals surface area contributed by atoms with Gasteiger partial charge in [-0.15, -0.1) is 0 Å². The number of hydrogen-bond donors (Lipinski definition) is 1. The lowest BCUT2D eigenvalue weighted by Crippen LogP contribution is -2.41. The number of ether oxygens (including phenoxy) is 1. The number of hydrogen-bond acceptors (Lipinski definition) is 3. The van der Waals surface area contributed by atoms with Crippen LogP contribution in [0.2, 0.25) is 0 Å². The summed E-state index contributed by atoms with van der Waals surface area (Å²) in [5, 5.41) is 2.94. The molecule has 0 aromatic rings. The number of nitrogens with zero attached hydrogens (tertiary/aromatic N) is 1. The molecule has 0 radical (unpaired) electrons. The quantitative estimate of drug-likeness (QED) is 0.819. The Morgan fingerprint density at radius 1 is 1.33 bits per heavy atom. The van der Waals surface area contributed by atoms with E-state index < -0.39 is 5.60 Å². The van der Waals surface area contributed by atoms with Gasteiger partial charge in [0.25, 0.3) is 0 Å². The normalized spacial score (nSPS) is 20.1. The fraction of sp³-hybridized carbons (Fsp3) is 0.846. The largest absolute Gasteiger partial charge is 0.444 e. The molecule has 1 heterocycles. The van der Waals surface area contributed by atoms with Gasteiger partial charge < -0.3 is 15.0 Å². The van der Waals surface area contributed by atoms with Crippen LogP contribution in [0, 0.1) is 5.92 Å². The monoisotopic (exact) mass is 256 g/mol. The van der Waals surface area contributed by atoms with Crippen LogP contribution in [0.4, 0.5) is 4.79 Å². The third kappa shape index (κ3) is 4.55. The molecule has 5 nitrogen and oxygen atoms in total. The summed E-state index contributed by atoms with van der Waals surface area (Å²) in [5.41, 5.74) is -0.476. The van der Waals surface area contributed by atoms with Crippen molar-refractivity contribution in [1.29, 1.82) is 0 Å². The Balaban J connectivity index is 2.42. The molecule has 1 N–H and O–H groups in total. The minimum Gasteiger partial charge on any atom is -0.444 e. The Morgan fingerprint density at radius 3 is 2.44 bits per heavy atom. The van der Waals surface area contributed by atoms with Crippen LogP contribution in [-0.4, -0.2) is 41.6 Å². The second kappa shape index (κ2) is 5.59. The van der Waals surface area contributed by atoms with Crippen molar-refractivity contribution < 1.29 is 14.3 Å². The van der Waals surface area contributed by atoms with Gasteiger partial charge in [-0.3, -0.25) is 4.79 Å². The van der Waals surface area contributed by atoms with Crippen molar-refractivity contribution in [2.75, 3.05) is 13.1 Å². The highest BCUT2D eigenvalue weighted by atomic mass is 16.6. The molecular weight excluding hydrogens is 232 g/mol. The number of rotatable bonds is 2. The summed E-state index contributed by atoms with van der Waals surface area (Å²) in [6, 6.07) is 0.0485. The van der Waals surface area contributed by atoms with Gasteiger partial charge in [-0.1, -0.05) is 13.8 Å². The van der Waals surface area contributed by atoms with Gasteiger partial charge >= 0.3 is 6.09 Å². The van der Waals surface area contributed by atoms with E-state index in [1.165, 1.54) is 0 Å². The Bertz CT molecular complexity index is 321. The molecule has 0 aliphatic carbocycles. The molecule has 0 saturated carbocycles. The van der Waals surface area contributed by atoms with Crippen LogP contribution in [0.5, 0.6) is 0 Å². The van der Waals surface area contributed by atoms with Crippen LogP contribution in [0.15, 0.2) is 0 Å². The van der Waals surface area contributed by atoms with Crippen molar-refractivity contribution >= 4 is 12.0 Å². The molecule has 1 aliphatic heterocycles. The maximum atomic E-state index is 11.8. The lowest BCUT2D eigenvalue weighted by Gasteiger charge is -2.24. The molecule has 18 heavy (non-hydrogen) atoms. The van der Waals surface area contributed by atoms with Crippen LogP contribution in [0.1, 0.15) is 41.0 Å². The molecule has 1 aliphatic rings. The van der Waals surface area contributed by atoms with E-state index in [0.717, 1.165) is 6.42 Å². The van der Waals surface area contributed by atoms with Gasteiger partial charge in [0.05, 0.1) is 0 Å². The predicted octanol–water partition coefficient (Wildman–Crippen LogP) is 1.77. The summed E-state index contributed by atoms with van der Waals surface area (Å²) >= 11 is 0. The fourth-order valence-electron chi connectivity index (χ4n) is 1.74. The molecule has 2 amide bonds. The van der Waals surface area contributed by atoms with Crippen molar-refractivity contribution in [3.05, 3.63) is 0 Å². The van der Waals surface area contributed by atoms with E-state index in [9.17, 15) is 9.59 Å². The molecule has 1 atom stereocenters. The molecule has 1 fully saturated rings. The summed E-state index contributed by atoms with van der Waals surface area (Å²) in [5.74, 6) is 0.00613. The van der Waals surface area contributed by atoms with E-state index in [2.05, 4.69) is 5.32 Å². The van der Waals surface area contributed by atoms with Crippen molar-refractivity contribution in [3.63, 3.8) is 0 Å². The molecular formula is C13H24N2O3. The average Bonchev–Trinajstić information content (AvgIpc) is 2.63. The highest BCUT2D eigenvalue weighted by molar-refractivity contribution is 5.78. The molecule has 5 heteroatoms. The van der Waals surface area contributed by atoms with E-state index in [1.54, 1.807) is 4.90 Å². The van der Waals surface area contributed by atoms with Gasteiger partial charge in [-0.05, 0) is 27.2 Å². The Morgan fingerprint density at radius 2 is 1.94 bits per heavy atom. The summed E-state index contributed by atoms with van der Waals surface area (Å²) in [4.78, 5) is 25.0. The van der Waals surface area contributed by atoms with Crippen LogP contribution < -0.4 is 5.32 Å². The highest BCUT2D eigenvalue weighted by Gasteiger charge is 2.30. The zero-order valence-corrected chi connectivity index (χ0v) is 11.9. The van der Waals surface area contributed by atoms with Crippen molar-refractivity contribution in [2.24, 2.45) is 5.92 Å². The third-order valence-electron chi connectivity index (χ3n) is 2.71. The number of amides is 2. The minimum absolute atomic E-state index is 0.0272. The fourth-order valence-corrected chi connectivity index (χ4v) is 1.74. The van der Waals surface area contributed by atoms with Crippen molar-refractivity contribution in [1.82, 2.24) is 10.2 Å². The molecule has 1 saturated heterocycles. The first-order valence-electron chi connectivity index (χ1n) is 6.47. The van der Waals surface area contributed by atoms with Crippen LogP contribution in [0.25, 0.3) is 0 Å². The number of nitrogens with one attached hydrogen (secondary N) is 1. The summed E-state index contributed by atoms with van der Waals surface area (Å²) < 4.78 is 5.30. The lowest BCUT2D eigenvalue weighted by molar-refractivity contribution is -0.124. The van der Waals surface area contributed by atoms with E-state index in [-0.39, 0.29) is 24.0 Å². The highest BCUT2D eigenvalue weighted by Crippen LogP contribution is 2.15. The maximum absolute atomic E-state index is 11.8. The third-order valence-corrected chi connectivity index (χ3v) is 2.71. The van der Waals surface area contributed by atoms with Gasteiger partial charge in [-0.25, -0.2) is 4.79 Å². The van der Waals surface area contributed by atoms with Crippen LogP contribution >= 0.6 is 0 Å². The zero-order chi connectivity index (χ0) is 13.9. The topological polar surface area (TPSA) is 58.6 Å². The van der Waals surface area contributed by atoms with Crippen LogP contribution in [0.3, 0.4) is 0 Å². The van der Waals surface area contributed by atoms with Gasteiger partial charge in [-0.2, -0.15) is 0 Å². The zero-order valence-electron chi connectivity index (χ0n) is 11.9. The standard InChI is InChI=1S/C13H24N2O3/c1-9(2)11(16)14-10-6-7-15(8-10)12(17)18-13(3,4)5/h9-10H,6-8H2,1-5H3,(H,14,16)/t10-/m1/s1. The second-order valence-corrected chi connectivity index (χ2v) is 6.08. The van der Waals surface area contributed by atoms with E-state index in [1.807, 2.05) is 34.6 Å². The van der Waals surface area contributed by atoms with Gasteiger partial charge in [0.1, 0.15) is 5.60 Å². The van der Waals surface area contributed by atoms with Crippen molar-refractivity contribution in [3.8, 4) is 0 Å².